The maximum absolute atomic E-state index is 12.4. The predicted octanol–water partition coefficient (Wildman–Crippen LogP) is 2.16. The molecule has 1 aliphatic heterocycles. The zero-order chi connectivity index (χ0) is 24.1. The minimum Gasteiger partial charge on any atom is -0.495 e. The number of hydrogen-bond acceptors (Lipinski definition) is 7. The van der Waals surface area contributed by atoms with Crippen molar-refractivity contribution in [1.29, 1.82) is 0 Å². The van der Waals surface area contributed by atoms with E-state index in [2.05, 4.69) is 5.32 Å². The maximum atomic E-state index is 12.4. The molecular formula is C23H23N3O7. The number of urea groups is 1. The van der Waals surface area contributed by atoms with Crippen LogP contribution in [-0.2, 0) is 14.4 Å². The molecule has 0 unspecified atom stereocenters. The van der Waals surface area contributed by atoms with Crippen LogP contribution in [-0.4, -0.2) is 68.5 Å². The van der Waals surface area contributed by atoms with Gasteiger partial charge in [-0.2, -0.15) is 0 Å². The number of para-hydroxylation sites is 2. The van der Waals surface area contributed by atoms with Crippen LogP contribution in [0.2, 0.25) is 0 Å². The fourth-order valence-corrected chi connectivity index (χ4v) is 3.11. The van der Waals surface area contributed by atoms with Gasteiger partial charge in [0.25, 0.3) is 17.7 Å². The molecule has 0 saturated carbocycles. The van der Waals surface area contributed by atoms with E-state index in [9.17, 15) is 19.2 Å². The van der Waals surface area contributed by atoms with Gasteiger partial charge in [-0.1, -0.05) is 18.2 Å². The Morgan fingerprint density at radius 2 is 1.55 bits per heavy atom. The summed E-state index contributed by atoms with van der Waals surface area (Å²) in [6.07, 6.45) is 1.37. The molecule has 33 heavy (non-hydrogen) atoms. The van der Waals surface area contributed by atoms with Gasteiger partial charge in [-0.3, -0.25) is 24.2 Å². The van der Waals surface area contributed by atoms with E-state index in [0.717, 1.165) is 9.80 Å². The van der Waals surface area contributed by atoms with E-state index in [0.29, 0.717) is 28.5 Å². The number of nitrogens with one attached hydrogen (secondary N) is 1. The molecule has 1 aliphatic rings. The Balaban J connectivity index is 1.74. The fraction of sp³-hybridized carbons (Fsp3) is 0.217. The number of carbonyl (C=O) groups excluding carboxylic acids is 4. The van der Waals surface area contributed by atoms with Crippen LogP contribution in [0.4, 0.5) is 10.5 Å². The molecule has 0 aliphatic carbocycles. The van der Waals surface area contributed by atoms with Crippen LogP contribution < -0.4 is 19.5 Å². The number of nitrogens with zero attached hydrogens (tertiary/aromatic N) is 2. The fourth-order valence-electron chi connectivity index (χ4n) is 3.11. The van der Waals surface area contributed by atoms with E-state index in [-0.39, 0.29) is 12.2 Å². The standard InChI is InChI=1S/C23H23N3O7/c1-25-21(28)15(22(29)26(2)23(25)30)11-14-9-10-18(19(12-14)32-4)33-13-20(27)24-16-7-5-6-8-17(16)31-3/h5-12H,13H2,1-4H3,(H,24,27). The van der Waals surface area contributed by atoms with Crippen LogP contribution in [0.1, 0.15) is 5.56 Å². The van der Waals surface area contributed by atoms with Crippen LogP contribution in [0.25, 0.3) is 6.08 Å². The SMILES string of the molecule is COc1ccccc1NC(=O)COc1ccc(C=C2C(=O)N(C)C(=O)N(C)C2=O)cc1OC. The lowest BCUT2D eigenvalue weighted by Crippen LogP contribution is -2.52. The van der Waals surface area contributed by atoms with Crippen molar-refractivity contribution in [3.8, 4) is 17.2 Å². The molecule has 1 saturated heterocycles. The third kappa shape index (κ3) is 4.95. The van der Waals surface area contributed by atoms with Gasteiger partial charge in [0.15, 0.2) is 18.1 Å². The summed E-state index contributed by atoms with van der Waals surface area (Å²) < 4.78 is 16.1. The van der Waals surface area contributed by atoms with Gasteiger partial charge in [-0.25, -0.2) is 4.79 Å². The van der Waals surface area contributed by atoms with Crippen molar-refractivity contribution in [2.24, 2.45) is 0 Å². The molecule has 0 spiro atoms. The van der Waals surface area contributed by atoms with Gasteiger partial charge in [-0.05, 0) is 35.9 Å². The molecular weight excluding hydrogens is 430 g/mol. The number of imide groups is 2. The summed E-state index contributed by atoms with van der Waals surface area (Å²) in [4.78, 5) is 50.6. The lowest BCUT2D eigenvalue weighted by molar-refractivity contribution is -0.134. The van der Waals surface area contributed by atoms with E-state index in [4.69, 9.17) is 14.2 Å². The van der Waals surface area contributed by atoms with Gasteiger partial charge >= 0.3 is 6.03 Å². The summed E-state index contributed by atoms with van der Waals surface area (Å²) in [6, 6.07) is 11.0. The number of benzene rings is 2. The highest BCUT2D eigenvalue weighted by Crippen LogP contribution is 2.30. The topological polar surface area (TPSA) is 114 Å². The van der Waals surface area contributed by atoms with Crippen molar-refractivity contribution < 1.29 is 33.4 Å². The first-order chi connectivity index (χ1) is 15.8. The molecule has 5 amide bonds. The second-order valence-electron chi connectivity index (χ2n) is 7.02. The third-order valence-corrected chi connectivity index (χ3v) is 4.88. The molecule has 10 heteroatoms. The summed E-state index contributed by atoms with van der Waals surface area (Å²) in [5, 5.41) is 2.71. The minimum absolute atomic E-state index is 0.161. The molecule has 3 rings (SSSR count). The van der Waals surface area contributed by atoms with E-state index < -0.39 is 23.8 Å². The number of hydrogen-bond donors (Lipinski definition) is 1. The number of methoxy groups -OCH3 is 2. The Hall–Kier alpha value is -4.34. The first-order valence-electron chi connectivity index (χ1n) is 9.82. The molecule has 2 aromatic rings. The van der Waals surface area contributed by atoms with Crippen molar-refractivity contribution in [2.45, 2.75) is 0 Å². The number of ether oxygens (including phenoxy) is 3. The Morgan fingerprint density at radius 1 is 0.909 bits per heavy atom. The Kier molecular flexibility index (Phi) is 6.97. The van der Waals surface area contributed by atoms with E-state index in [1.165, 1.54) is 34.4 Å². The van der Waals surface area contributed by atoms with Crippen LogP contribution in [0.15, 0.2) is 48.0 Å². The number of amides is 5. The zero-order valence-corrected chi connectivity index (χ0v) is 18.6. The largest absolute Gasteiger partial charge is 0.495 e. The molecule has 1 heterocycles. The third-order valence-electron chi connectivity index (χ3n) is 4.88. The average Bonchev–Trinajstić information content (AvgIpc) is 2.83. The Morgan fingerprint density at radius 3 is 2.18 bits per heavy atom. The van der Waals surface area contributed by atoms with Gasteiger partial charge in [0.2, 0.25) is 0 Å². The number of barbiturate groups is 1. The van der Waals surface area contributed by atoms with Crippen LogP contribution >= 0.6 is 0 Å². The number of likely N-dealkylation sites (N-methyl/N-ethyl adjacent to an activating group) is 2. The van der Waals surface area contributed by atoms with Gasteiger partial charge < -0.3 is 19.5 Å². The van der Waals surface area contributed by atoms with Gasteiger partial charge in [0.1, 0.15) is 11.3 Å². The quantitative estimate of drug-likeness (QED) is 0.505. The van der Waals surface area contributed by atoms with Crippen LogP contribution in [0.3, 0.4) is 0 Å². The van der Waals surface area contributed by atoms with Gasteiger partial charge in [0, 0.05) is 14.1 Å². The molecule has 2 aromatic carbocycles. The van der Waals surface area contributed by atoms with Crippen molar-refractivity contribution >= 4 is 35.5 Å². The summed E-state index contributed by atoms with van der Waals surface area (Å²) in [5.74, 6) is -0.693. The van der Waals surface area contributed by atoms with E-state index >= 15 is 0 Å². The molecule has 1 fully saturated rings. The second kappa shape index (κ2) is 9.86. The molecule has 0 aromatic heterocycles. The van der Waals surface area contributed by atoms with Crippen LogP contribution in [0, 0.1) is 0 Å². The first-order valence-corrected chi connectivity index (χ1v) is 9.82. The lowest BCUT2D eigenvalue weighted by Gasteiger charge is -2.28. The second-order valence-corrected chi connectivity index (χ2v) is 7.02. The minimum atomic E-state index is -0.699. The first kappa shape index (κ1) is 23.3. The molecule has 172 valence electrons. The molecule has 10 nitrogen and oxygen atoms in total. The average molecular weight is 453 g/mol. The smallest absolute Gasteiger partial charge is 0.333 e. The van der Waals surface area contributed by atoms with E-state index in [1.54, 1.807) is 42.5 Å². The summed E-state index contributed by atoms with van der Waals surface area (Å²) in [6.45, 7) is -0.288. The Bertz CT molecular complexity index is 1120. The van der Waals surface area contributed by atoms with Crippen molar-refractivity contribution in [3.63, 3.8) is 0 Å². The van der Waals surface area contributed by atoms with Crippen molar-refractivity contribution in [3.05, 3.63) is 53.6 Å². The van der Waals surface area contributed by atoms with E-state index in [1.807, 2.05) is 0 Å². The summed E-state index contributed by atoms with van der Waals surface area (Å²) in [7, 11) is 5.53. The van der Waals surface area contributed by atoms with Gasteiger partial charge in [-0.15, -0.1) is 0 Å². The highest BCUT2D eigenvalue weighted by molar-refractivity contribution is 6.30. The molecule has 1 N–H and O–H groups in total. The highest BCUT2D eigenvalue weighted by Gasteiger charge is 2.37. The summed E-state index contributed by atoms with van der Waals surface area (Å²) >= 11 is 0. The zero-order valence-electron chi connectivity index (χ0n) is 18.6. The number of anilines is 1. The normalized spacial score (nSPS) is 13.7. The maximum Gasteiger partial charge on any atom is 0.333 e. The molecule has 0 radical (unpaired) electrons. The predicted molar refractivity (Wildman–Crippen MR) is 119 cm³/mol. The summed E-state index contributed by atoms with van der Waals surface area (Å²) in [5.41, 5.74) is 0.829. The van der Waals surface area contributed by atoms with Crippen molar-refractivity contribution in [1.82, 2.24) is 9.80 Å². The molecule has 0 atom stereocenters. The lowest BCUT2D eigenvalue weighted by atomic mass is 10.1. The van der Waals surface area contributed by atoms with Gasteiger partial charge in [0.05, 0.1) is 19.9 Å². The Labute approximate surface area is 190 Å². The number of rotatable bonds is 7. The van der Waals surface area contributed by atoms with Crippen molar-refractivity contribution in [2.75, 3.05) is 40.2 Å². The van der Waals surface area contributed by atoms with Crippen LogP contribution in [0.5, 0.6) is 17.2 Å². The highest BCUT2D eigenvalue weighted by atomic mass is 16.5. The number of carbonyl (C=O) groups is 4. The molecule has 0 bridgehead atoms. The monoisotopic (exact) mass is 453 g/mol.